The Balaban J connectivity index is 1.32. The zero-order valence-corrected chi connectivity index (χ0v) is 29.1. The highest BCUT2D eigenvalue weighted by atomic mass is 35.5. The average Bonchev–Trinajstić information content (AvgIpc) is 3.51. The van der Waals surface area contributed by atoms with Gasteiger partial charge in [-0.05, 0) is 85.7 Å². The number of amides is 4. The van der Waals surface area contributed by atoms with Gasteiger partial charge in [0.2, 0.25) is 11.8 Å². The number of fused-ring (bicyclic) bond motifs is 4. The van der Waals surface area contributed by atoms with E-state index < -0.39 is 46.8 Å². The van der Waals surface area contributed by atoms with Crippen molar-refractivity contribution in [1.82, 2.24) is 5.01 Å². The fourth-order valence-corrected chi connectivity index (χ4v) is 9.16. The monoisotopic (exact) mass is 701 g/mol. The van der Waals surface area contributed by atoms with E-state index in [1.807, 2.05) is 74.5 Å². The van der Waals surface area contributed by atoms with E-state index in [0.29, 0.717) is 27.5 Å². The summed E-state index contributed by atoms with van der Waals surface area (Å²) in [7, 11) is 1.46. The molecule has 1 saturated carbocycles. The van der Waals surface area contributed by atoms with Crippen LogP contribution >= 0.6 is 11.6 Å². The van der Waals surface area contributed by atoms with E-state index >= 15 is 4.79 Å². The molecule has 0 radical (unpaired) electrons. The largest absolute Gasteiger partial charge is 0.504 e. The Morgan fingerprint density at radius 3 is 2.29 bits per heavy atom. The number of aryl methyl sites for hydroxylation is 2. The number of nitrogens with one attached hydrogen (secondary N) is 1. The number of halogens is 1. The van der Waals surface area contributed by atoms with Gasteiger partial charge in [0.1, 0.15) is 0 Å². The zero-order valence-electron chi connectivity index (χ0n) is 28.3. The van der Waals surface area contributed by atoms with Crippen molar-refractivity contribution < 1.29 is 29.0 Å². The van der Waals surface area contributed by atoms with Crippen molar-refractivity contribution >= 4 is 46.6 Å². The van der Waals surface area contributed by atoms with Gasteiger partial charge in [0.05, 0.1) is 41.7 Å². The standard InChI is InChI=1S/C41H36ClN3O6/c1-22-9-13-26(14-10-22)43-45-38(48)31-21-30-28(16-17-29-35(30)39(49)44(37(29)47)27-15-11-23(2)32(42)20-27)36(24-12-18-34(51-3)33(46)19-24)41(31,40(45)50)25-7-5-4-6-8-25/h4-16,18-20,29-31,35-36,43,46H,17,21H2,1-3H3. The van der Waals surface area contributed by atoms with Crippen LogP contribution in [-0.4, -0.2) is 40.9 Å². The normalized spacial score (nSPS) is 26.8. The number of aromatic hydroxyl groups is 1. The molecule has 0 spiro atoms. The van der Waals surface area contributed by atoms with E-state index in [-0.39, 0.29) is 36.2 Å². The van der Waals surface area contributed by atoms with E-state index in [9.17, 15) is 19.5 Å². The van der Waals surface area contributed by atoms with Crippen molar-refractivity contribution in [1.29, 1.82) is 0 Å². The fraction of sp³-hybridized carbons (Fsp3) is 0.268. The first kappa shape index (κ1) is 32.8. The summed E-state index contributed by atoms with van der Waals surface area (Å²) in [6, 6.07) is 26.9. The van der Waals surface area contributed by atoms with Gasteiger partial charge in [-0.25, -0.2) is 4.90 Å². The molecule has 4 amide bonds. The number of anilines is 2. The van der Waals surface area contributed by atoms with Gasteiger partial charge in [-0.15, -0.1) is 0 Å². The second-order valence-electron chi connectivity index (χ2n) is 14.0. The van der Waals surface area contributed by atoms with E-state index in [2.05, 4.69) is 5.43 Å². The second-order valence-corrected chi connectivity index (χ2v) is 14.4. The van der Waals surface area contributed by atoms with Gasteiger partial charge in [0, 0.05) is 10.9 Å². The van der Waals surface area contributed by atoms with Crippen molar-refractivity contribution in [3.63, 3.8) is 0 Å². The van der Waals surface area contributed by atoms with Crippen LogP contribution in [-0.2, 0) is 24.6 Å². The minimum absolute atomic E-state index is 0.118. The molecule has 6 unspecified atom stereocenters. The van der Waals surface area contributed by atoms with Crippen LogP contribution in [0.2, 0.25) is 5.02 Å². The molecule has 10 heteroatoms. The van der Waals surface area contributed by atoms with Crippen molar-refractivity contribution in [2.75, 3.05) is 17.4 Å². The van der Waals surface area contributed by atoms with Crippen LogP contribution in [0.15, 0.2) is 103 Å². The van der Waals surface area contributed by atoms with E-state index in [1.54, 1.807) is 36.4 Å². The number of methoxy groups -OCH3 is 1. The lowest BCUT2D eigenvalue weighted by atomic mass is 9.49. The molecule has 258 valence electrons. The van der Waals surface area contributed by atoms with Crippen LogP contribution in [0.25, 0.3) is 0 Å². The first-order valence-corrected chi connectivity index (χ1v) is 17.4. The molecule has 4 aliphatic rings. The van der Waals surface area contributed by atoms with Gasteiger partial charge in [-0.2, -0.15) is 5.01 Å². The molecule has 51 heavy (non-hydrogen) atoms. The van der Waals surface area contributed by atoms with Crippen LogP contribution in [0, 0.1) is 37.5 Å². The second kappa shape index (κ2) is 12.1. The highest BCUT2D eigenvalue weighted by Crippen LogP contribution is 2.64. The number of allylic oxidation sites excluding steroid dienone is 2. The number of nitrogens with zero attached hydrogens (tertiary/aromatic N) is 2. The molecule has 2 heterocycles. The lowest BCUT2D eigenvalue weighted by molar-refractivity contribution is -0.138. The van der Waals surface area contributed by atoms with Crippen LogP contribution in [0.5, 0.6) is 11.5 Å². The number of hydrogen-bond acceptors (Lipinski definition) is 7. The van der Waals surface area contributed by atoms with Gasteiger partial charge in [0.15, 0.2) is 11.5 Å². The molecule has 9 nitrogen and oxygen atoms in total. The molecular formula is C41H36ClN3O6. The van der Waals surface area contributed by atoms with Crippen molar-refractivity contribution in [3.05, 3.63) is 130 Å². The Hall–Kier alpha value is -5.41. The van der Waals surface area contributed by atoms with Gasteiger partial charge < -0.3 is 9.84 Å². The third-order valence-corrected chi connectivity index (χ3v) is 11.8. The number of ether oxygens (including phenoxy) is 1. The molecule has 3 fully saturated rings. The van der Waals surface area contributed by atoms with E-state index in [0.717, 1.165) is 21.7 Å². The summed E-state index contributed by atoms with van der Waals surface area (Å²) in [5.41, 5.74) is 6.52. The summed E-state index contributed by atoms with van der Waals surface area (Å²) in [5, 5.41) is 12.7. The molecule has 2 N–H and O–H groups in total. The number of hydrazine groups is 1. The molecule has 6 atom stereocenters. The first-order chi connectivity index (χ1) is 24.6. The summed E-state index contributed by atoms with van der Waals surface area (Å²) in [5.74, 6) is -5.01. The lowest BCUT2D eigenvalue weighted by Crippen LogP contribution is -2.53. The number of carbonyl (C=O) groups excluding carboxylic acids is 4. The Labute approximate surface area is 300 Å². The first-order valence-electron chi connectivity index (χ1n) is 17.0. The maximum atomic E-state index is 15.2. The summed E-state index contributed by atoms with van der Waals surface area (Å²) < 4.78 is 5.37. The number of hydrogen-bond donors (Lipinski definition) is 2. The van der Waals surface area contributed by atoms with Crippen LogP contribution in [0.3, 0.4) is 0 Å². The number of phenols is 1. The number of rotatable bonds is 6. The summed E-state index contributed by atoms with van der Waals surface area (Å²) in [6.07, 6.45) is 2.43. The van der Waals surface area contributed by atoms with Crippen molar-refractivity contribution in [2.24, 2.45) is 23.7 Å². The van der Waals surface area contributed by atoms with Crippen molar-refractivity contribution in [2.45, 2.75) is 38.0 Å². The summed E-state index contributed by atoms with van der Waals surface area (Å²) in [4.78, 5) is 59.8. The molecule has 2 aliphatic heterocycles. The highest BCUT2D eigenvalue weighted by Gasteiger charge is 2.70. The van der Waals surface area contributed by atoms with Crippen LogP contribution in [0.4, 0.5) is 11.4 Å². The molecule has 8 rings (SSSR count). The van der Waals surface area contributed by atoms with Gasteiger partial charge in [-0.1, -0.05) is 83.4 Å². The number of imide groups is 2. The SMILES string of the molecule is COc1ccc(C2C3=CCC4C(=O)N(c5ccc(C)c(Cl)c5)C(=O)C4C3CC3C(=O)N(Nc4ccc(C)cc4)C(=O)C32c2ccccc2)cc1O. The minimum Gasteiger partial charge on any atom is -0.504 e. The molecule has 4 aromatic rings. The molecule has 0 aromatic heterocycles. The van der Waals surface area contributed by atoms with Gasteiger partial charge >= 0.3 is 0 Å². The Bertz CT molecular complexity index is 2150. The predicted molar refractivity (Wildman–Crippen MR) is 192 cm³/mol. The van der Waals surface area contributed by atoms with E-state index in [1.165, 1.54) is 12.0 Å². The molecule has 2 aliphatic carbocycles. The topological polar surface area (TPSA) is 116 Å². The van der Waals surface area contributed by atoms with Gasteiger partial charge in [-0.3, -0.25) is 24.6 Å². The highest BCUT2D eigenvalue weighted by molar-refractivity contribution is 6.32. The Morgan fingerprint density at radius 2 is 1.61 bits per heavy atom. The number of phenolic OH excluding ortho intramolecular Hbond substituents is 1. The zero-order chi connectivity index (χ0) is 35.8. The smallest absolute Gasteiger partial charge is 0.260 e. The van der Waals surface area contributed by atoms with E-state index in [4.69, 9.17) is 16.3 Å². The van der Waals surface area contributed by atoms with Crippen LogP contribution in [0.1, 0.15) is 41.0 Å². The number of benzene rings is 4. The van der Waals surface area contributed by atoms with Crippen LogP contribution < -0.4 is 15.1 Å². The molecular weight excluding hydrogens is 666 g/mol. The quantitative estimate of drug-likeness (QED) is 0.167. The molecule has 2 saturated heterocycles. The Kier molecular flexibility index (Phi) is 7.79. The lowest BCUT2D eigenvalue weighted by Gasteiger charge is -2.50. The summed E-state index contributed by atoms with van der Waals surface area (Å²) in [6.45, 7) is 3.81. The predicted octanol–water partition coefficient (Wildman–Crippen LogP) is 6.86. The molecule has 0 bridgehead atoms. The third kappa shape index (κ3) is 4.82. The van der Waals surface area contributed by atoms with Crippen molar-refractivity contribution in [3.8, 4) is 11.5 Å². The Morgan fingerprint density at radius 1 is 0.863 bits per heavy atom. The maximum absolute atomic E-state index is 15.2. The average molecular weight is 702 g/mol. The fourth-order valence-electron chi connectivity index (χ4n) is 8.98. The third-order valence-electron chi connectivity index (χ3n) is 11.3. The molecule has 4 aromatic carbocycles. The number of carbonyl (C=O) groups is 4. The van der Waals surface area contributed by atoms with Gasteiger partial charge in [0.25, 0.3) is 11.8 Å². The maximum Gasteiger partial charge on any atom is 0.260 e. The summed E-state index contributed by atoms with van der Waals surface area (Å²) >= 11 is 6.45. The minimum atomic E-state index is -1.44.